The molecule has 4 heteroatoms. The lowest BCUT2D eigenvalue weighted by atomic mass is 10.1. The molecule has 0 bridgehead atoms. The standard InChI is InChI=1S/C19H21FN2O/c1-2-22-10-15-16(11-22)17(15)12-23-19-6-5-13(8-18(19)20)14-4-3-7-21-9-14/h3-9,15-17H,2,10-12H2,1H3. The molecule has 1 saturated carbocycles. The van der Waals surface area contributed by atoms with E-state index in [0.29, 0.717) is 18.3 Å². The number of benzene rings is 1. The Labute approximate surface area is 136 Å². The van der Waals surface area contributed by atoms with E-state index in [2.05, 4.69) is 16.8 Å². The predicted molar refractivity (Wildman–Crippen MR) is 87.7 cm³/mol. The summed E-state index contributed by atoms with van der Waals surface area (Å²) in [5.74, 6) is 2.18. The number of pyridine rings is 1. The molecule has 0 spiro atoms. The van der Waals surface area contributed by atoms with Gasteiger partial charge >= 0.3 is 0 Å². The minimum absolute atomic E-state index is 0.299. The minimum atomic E-state index is -0.299. The van der Waals surface area contributed by atoms with Crippen LogP contribution in [0.4, 0.5) is 4.39 Å². The van der Waals surface area contributed by atoms with Crippen molar-refractivity contribution in [3.8, 4) is 16.9 Å². The highest BCUT2D eigenvalue weighted by molar-refractivity contribution is 5.63. The minimum Gasteiger partial charge on any atom is -0.490 e. The molecule has 1 saturated heterocycles. The molecular formula is C19H21FN2O. The lowest BCUT2D eigenvalue weighted by Crippen LogP contribution is -2.25. The van der Waals surface area contributed by atoms with Crippen LogP contribution in [0, 0.1) is 23.6 Å². The van der Waals surface area contributed by atoms with Gasteiger partial charge in [-0.2, -0.15) is 0 Å². The number of ether oxygens (including phenoxy) is 1. The fourth-order valence-corrected chi connectivity index (χ4v) is 3.76. The first-order valence-corrected chi connectivity index (χ1v) is 8.31. The summed E-state index contributed by atoms with van der Waals surface area (Å²) >= 11 is 0. The summed E-state index contributed by atoms with van der Waals surface area (Å²) < 4.78 is 20.0. The smallest absolute Gasteiger partial charge is 0.165 e. The molecule has 120 valence electrons. The fourth-order valence-electron chi connectivity index (χ4n) is 3.76. The number of likely N-dealkylation sites (tertiary alicyclic amines) is 1. The van der Waals surface area contributed by atoms with Crippen LogP contribution in [-0.4, -0.2) is 36.1 Å². The highest BCUT2D eigenvalue weighted by Gasteiger charge is 2.55. The molecule has 2 fully saturated rings. The molecule has 2 unspecified atom stereocenters. The SMILES string of the molecule is CCN1CC2C(COc3ccc(-c4cccnc4)cc3F)C2C1. The Kier molecular flexibility index (Phi) is 3.77. The van der Waals surface area contributed by atoms with E-state index in [9.17, 15) is 4.39 Å². The number of hydrogen-bond donors (Lipinski definition) is 0. The number of halogens is 1. The second-order valence-electron chi connectivity index (χ2n) is 6.54. The number of rotatable bonds is 5. The van der Waals surface area contributed by atoms with E-state index >= 15 is 0 Å². The molecular weight excluding hydrogens is 291 g/mol. The summed E-state index contributed by atoms with van der Waals surface area (Å²) in [7, 11) is 0. The Balaban J connectivity index is 1.37. The monoisotopic (exact) mass is 312 g/mol. The largest absolute Gasteiger partial charge is 0.490 e. The molecule has 2 aromatic rings. The predicted octanol–water partition coefficient (Wildman–Crippen LogP) is 3.46. The van der Waals surface area contributed by atoms with Crippen molar-refractivity contribution in [1.82, 2.24) is 9.88 Å². The van der Waals surface area contributed by atoms with Crippen molar-refractivity contribution in [3.63, 3.8) is 0 Å². The summed E-state index contributed by atoms with van der Waals surface area (Å²) in [6, 6.07) is 8.92. The zero-order chi connectivity index (χ0) is 15.8. The molecule has 1 aliphatic heterocycles. The Morgan fingerprint density at radius 1 is 1.22 bits per heavy atom. The van der Waals surface area contributed by atoms with Gasteiger partial charge in [-0.05, 0) is 42.1 Å². The molecule has 2 atom stereocenters. The van der Waals surface area contributed by atoms with Crippen LogP contribution < -0.4 is 4.74 Å². The zero-order valence-electron chi connectivity index (χ0n) is 13.3. The van der Waals surface area contributed by atoms with Crippen molar-refractivity contribution in [2.24, 2.45) is 17.8 Å². The van der Waals surface area contributed by atoms with E-state index in [1.54, 1.807) is 18.5 Å². The summed E-state index contributed by atoms with van der Waals surface area (Å²) in [4.78, 5) is 6.55. The van der Waals surface area contributed by atoms with Crippen LogP contribution in [0.15, 0.2) is 42.7 Å². The molecule has 2 heterocycles. The molecule has 1 aromatic carbocycles. The Morgan fingerprint density at radius 3 is 2.70 bits per heavy atom. The normalized spacial score (nSPS) is 26.1. The van der Waals surface area contributed by atoms with Crippen molar-refractivity contribution in [2.45, 2.75) is 6.92 Å². The average molecular weight is 312 g/mol. The van der Waals surface area contributed by atoms with Gasteiger partial charge in [0.25, 0.3) is 0 Å². The van der Waals surface area contributed by atoms with Crippen LogP contribution >= 0.6 is 0 Å². The highest BCUT2D eigenvalue weighted by atomic mass is 19.1. The van der Waals surface area contributed by atoms with Gasteiger partial charge in [-0.1, -0.05) is 19.1 Å². The Morgan fingerprint density at radius 2 is 2.04 bits per heavy atom. The van der Waals surface area contributed by atoms with Crippen molar-refractivity contribution < 1.29 is 9.13 Å². The Bertz CT molecular complexity index is 679. The first-order chi connectivity index (χ1) is 11.3. The van der Waals surface area contributed by atoms with Crippen LogP contribution in [0.5, 0.6) is 5.75 Å². The van der Waals surface area contributed by atoms with Gasteiger partial charge in [-0.15, -0.1) is 0 Å². The van der Waals surface area contributed by atoms with Gasteiger partial charge in [0.1, 0.15) is 0 Å². The van der Waals surface area contributed by atoms with Crippen molar-refractivity contribution in [1.29, 1.82) is 0 Å². The average Bonchev–Trinajstić information content (AvgIpc) is 3.04. The van der Waals surface area contributed by atoms with Gasteiger partial charge < -0.3 is 9.64 Å². The van der Waals surface area contributed by atoms with E-state index in [1.807, 2.05) is 18.2 Å². The van der Waals surface area contributed by atoms with E-state index in [-0.39, 0.29) is 5.82 Å². The molecule has 4 rings (SSSR count). The Hall–Kier alpha value is -1.94. The highest BCUT2D eigenvalue weighted by Crippen LogP contribution is 2.51. The maximum atomic E-state index is 14.3. The number of aromatic nitrogens is 1. The van der Waals surface area contributed by atoms with Gasteiger partial charge in [0.15, 0.2) is 11.6 Å². The van der Waals surface area contributed by atoms with Gasteiger partial charge in [0, 0.05) is 37.0 Å². The third-order valence-electron chi connectivity index (χ3n) is 5.25. The molecule has 0 N–H and O–H groups in total. The van der Waals surface area contributed by atoms with Crippen molar-refractivity contribution >= 4 is 0 Å². The van der Waals surface area contributed by atoms with E-state index in [1.165, 1.54) is 19.2 Å². The second kappa shape index (κ2) is 5.93. The van der Waals surface area contributed by atoms with Gasteiger partial charge in [-0.3, -0.25) is 4.98 Å². The number of fused-ring (bicyclic) bond motifs is 1. The van der Waals surface area contributed by atoms with Crippen LogP contribution in [0.2, 0.25) is 0 Å². The number of nitrogens with zero attached hydrogens (tertiary/aromatic N) is 2. The van der Waals surface area contributed by atoms with Crippen LogP contribution in [-0.2, 0) is 0 Å². The third-order valence-corrected chi connectivity index (χ3v) is 5.25. The van der Waals surface area contributed by atoms with E-state index in [0.717, 1.165) is 29.5 Å². The lowest BCUT2D eigenvalue weighted by molar-refractivity contribution is 0.234. The maximum Gasteiger partial charge on any atom is 0.165 e. The molecule has 3 nitrogen and oxygen atoms in total. The van der Waals surface area contributed by atoms with E-state index < -0.39 is 0 Å². The van der Waals surface area contributed by atoms with Crippen LogP contribution in [0.25, 0.3) is 11.1 Å². The molecule has 0 amide bonds. The van der Waals surface area contributed by atoms with Crippen molar-refractivity contribution in [3.05, 3.63) is 48.5 Å². The second-order valence-corrected chi connectivity index (χ2v) is 6.54. The number of hydrogen-bond acceptors (Lipinski definition) is 3. The van der Waals surface area contributed by atoms with Crippen LogP contribution in [0.1, 0.15) is 6.92 Å². The topological polar surface area (TPSA) is 25.4 Å². The zero-order valence-corrected chi connectivity index (χ0v) is 13.3. The molecule has 0 radical (unpaired) electrons. The van der Waals surface area contributed by atoms with Gasteiger partial charge in [0.05, 0.1) is 6.61 Å². The fraction of sp³-hybridized carbons (Fsp3) is 0.421. The van der Waals surface area contributed by atoms with Gasteiger partial charge in [-0.25, -0.2) is 4.39 Å². The number of piperidine rings is 1. The maximum absolute atomic E-state index is 14.3. The van der Waals surface area contributed by atoms with E-state index in [4.69, 9.17) is 4.74 Å². The summed E-state index contributed by atoms with van der Waals surface area (Å²) in [5.41, 5.74) is 1.74. The summed E-state index contributed by atoms with van der Waals surface area (Å²) in [6.07, 6.45) is 3.45. The third kappa shape index (κ3) is 2.83. The summed E-state index contributed by atoms with van der Waals surface area (Å²) in [5, 5.41) is 0. The first-order valence-electron chi connectivity index (χ1n) is 8.31. The van der Waals surface area contributed by atoms with Crippen molar-refractivity contribution in [2.75, 3.05) is 26.2 Å². The summed E-state index contributed by atoms with van der Waals surface area (Å²) in [6.45, 7) is 6.33. The first kappa shape index (κ1) is 14.6. The molecule has 2 aliphatic rings. The van der Waals surface area contributed by atoms with Crippen LogP contribution in [0.3, 0.4) is 0 Å². The van der Waals surface area contributed by atoms with Gasteiger partial charge in [0.2, 0.25) is 0 Å². The molecule has 1 aliphatic carbocycles. The quantitative estimate of drug-likeness (QED) is 0.845. The molecule has 1 aromatic heterocycles. The lowest BCUT2D eigenvalue weighted by Gasteiger charge is -2.17. The molecule has 23 heavy (non-hydrogen) atoms.